The summed E-state index contributed by atoms with van der Waals surface area (Å²) in [6.45, 7) is 2.20. The van der Waals surface area contributed by atoms with Crippen molar-refractivity contribution in [1.82, 2.24) is 4.90 Å². The van der Waals surface area contributed by atoms with E-state index in [4.69, 9.17) is 14.6 Å². The predicted octanol–water partition coefficient (Wildman–Crippen LogP) is 1.94. The first-order valence-electron chi connectivity index (χ1n) is 7.28. The van der Waals surface area contributed by atoms with Gasteiger partial charge in [-0.15, -0.1) is 0 Å². The number of hydrogen-bond acceptors (Lipinski definition) is 6. The van der Waals surface area contributed by atoms with E-state index in [9.17, 15) is 19.7 Å². The highest BCUT2D eigenvalue weighted by molar-refractivity contribution is 5.99. The highest BCUT2D eigenvalue weighted by Crippen LogP contribution is 2.35. The molecule has 1 aromatic carbocycles. The molecule has 132 valence electrons. The largest absolute Gasteiger partial charge is 0.493 e. The third kappa shape index (κ3) is 4.83. The monoisotopic (exact) mass is 340 g/mol. The summed E-state index contributed by atoms with van der Waals surface area (Å²) in [4.78, 5) is 34.8. The van der Waals surface area contributed by atoms with Crippen LogP contribution in [-0.4, -0.2) is 54.1 Å². The molecule has 24 heavy (non-hydrogen) atoms. The van der Waals surface area contributed by atoms with E-state index in [0.717, 1.165) is 6.07 Å². The molecular formula is C15H20N2O7. The quantitative estimate of drug-likeness (QED) is 0.539. The van der Waals surface area contributed by atoms with Crippen molar-refractivity contribution >= 4 is 17.6 Å². The van der Waals surface area contributed by atoms with Crippen LogP contribution in [0.15, 0.2) is 12.1 Å². The van der Waals surface area contributed by atoms with Crippen molar-refractivity contribution in [1.29, 1.82) is 0 Å². The van der Waals surface area contributed by atoms with Gasteiger partial charge in [0.15, 0.2) is 11.5 Å². The Hall–Kier alpha value is -2.84. The topological polar surface area (TPSA) is 119 Å². The van der Waals surface area contributed by atoms with E-state index in [1.165, 1.54) is 25.1 Å². The molecule has 9 heteroatoms. The fourth-order valence-electron chi connectivity index (χ4n) is 2.07. The van der Waals surface area contributed by atoms with Gasteiger partial charge >= 0.3 is 5.97 Å². The number of carbonyl (C=O) groups excluding carboxylic acids is 1. The molecule has 1 rings (SSSR count). The van der Waals surface area contributed by atoms with Gasteiger partial charge < -0.3 is 19.5 Å². The molecule has 0 aliphatic heterocycles. The van der Waals surface area contributed by atoms with Crippen molar-refractivity contribution in [3.05, 3.63) is 27.8 Å². The van der Waals surface area contributed by atoms with Crippen LogP contribution in [-0.2, 0) is 4.79 Å². The van der Waals surface area contributed by atoms with Crippen LogP contribution in [0.25, 0.3) is 0 Å². The Labute approximate surface area is 138 Å². The lowest BCUT2D eigenvalue weighted by molar-refractivity contribution is -0.385. The lowest BCUT2D eigenvalue weighted by atomic mass is 10.1. The van der Waals surface area contributed by atoms with Gasteiger partial charge in [-0.3, -0.25) is 19.7 Å². The second kappa shape index (κ2) is 8.70. The minimum atomic E-state index is -0.968. The third-order valence-corrected chi connectivity index (χ3v) is 3.24. The number of carboxylic acids is 1. The number of carbonyl (C=O) groups is 2. The number of ether oxygens (including phenoxy) is 2. The molecule has 0 bridgehead atoms. The molecular weight excluding hydrogens is 320 g/mol. The number of hydrogen-bond donors (Lipinski definition) is 1. The van der Waals surface area contributed by atoms with E-state index >= 15 is 0 Å². The first-order valence-corrected chi connectivity index (χ1v) is 7.28. The number of carboxylic acid groups (broad SMARTS) is 1. The molecule has 0 saturated carbocycles. The van der Waals surface area contributed by atoms with Gasteiger partial charge in [-0.2, -0.15) is 0 Å². The molecule has 0 heterocycles. The SMILES string of the molecule is CCOc1cc(C(=O)N(C)CCCC(=O)O)c([N+](=O)[O-])cc1OC. The average molecular weight is 340 g/mol. The van der Waals surface area contributed by atoms with E-state index in [1.807, 2.05) is 0 Å². The summed E-state index contributed by atoms with van der Waals surface area (Å²) in [5, 5.41) is 19.9. The summed E-state index contributed by atoms with van der Waals surface area (Å²) in [5.74, 6) is -1.16. The minimum Gasteiger partial charge on any atom is -0.493 e. The molecule has 0 fully saturated rings. The van der Waals surface area contributed by atoms with Crippen molar-refractivity contribution in [2.24, 2.45) is 0 Å². The van der Waals surface area contributed by atoms with E-state index in [-0.39, 0.29) is 36.4 Å². The van der Waals surface area contributed by atoms with E-state index in [1.54, 1.807) is 6.92 Å². The Bertz CT molecular complexity index is 630. The number of nitrogens with zero attached hydrogens (tertiary/aromatic N) is 2. The fraction of sp³-hybridized carbons (Fsp3) is 0.467. The Morgan fingerprint density at radius 3 is 2.50 bits per heavy atom. The first-order chi connectivity index (χ1) is 11.3. The zero-order chi connectivity index (χ0) is 18.3. The molecule has 0 saturated heterocycles. The number of nitro benzene ring substituents is 1. The normalized spacial score (nSPS) is 10.1. The molecule has 1 amide bonds. The van der Waals surface area contributed by atoms with Gasteiger partial charge in [-0.25, -0.2) is 0 Å². The molecule has 0 unspecified atom stereocenters. The Kier molecular flexibility index (Phi) is 6.97. The lowest BCUT2D eigenvalue weighted by Crippen LogP contribution is -2.28. The average Bonchev–Trinajstić information content (AvgIpc) is 2.53. The maximum atomic E-state index is 12.5. The van der Waals surface area contributed by atoms with Gasteiger partial charge in [0, 0.05) is 26.1 Å². The highest BCUT2D eigenvalue weighted by atomic mass is 16.6. The van der Waals surface area contributed by atoms with Crippen LogP contribution < -0.4 is 9.47 Å². The van der Waals surface area contributed by atoms with E-state index < -0.39 is 22.5 Å². The molecule has 0 spiro atoms. The lowest BCUT2D eigenvalue weighted by Gasteiger charge is -2.18. The molecule has 0 radical (unpaired) electrons. The van der Waals surface area contributed by atoms with Crippen LogP contribution in [0.1, 0.15) is 30.1 Å². The van der Waals surface area contributed by atoms with Crippen LogP contribution in [0.4, 0.5) is 5.69 Å². The zero-order valence-corrected chi connectivity index (χ0v) is 13.8. The number of methoxy groups -OCH3 is 1. The summed E-state index contributed by atoms with van der Waals surface area (Å²) in [6.07, 6.45) is 0.159. The number of amides is 1. The van der Waals surface area contributed by atoms with Crippen LogP contribution >= 0.6 is 0 Å². The van der Waals surface area contributed by atoms with Crippen molar-refractivity contribution < 1.29 is 29.1 Å². The second-order valence-electron chi connectivity index (χ2n) is 4.93. The van der Waals surface area contributed by atoms with Crippen LogP contribution in [0.2, 0.25) is 0 Å². The van der Waals surface area contributed by atoms with E-state index in [2.05, 4.69) is 0 Å². The van der Waals surface area contributed by atoms with Crippen molar-refractivity contribution in [2.75, 3.05) is 27.3 Å². The van der Waals surface area contributed by atoms with Gasteiger partial charge in [0.2, 0.25) is 0 Å². The van der Waals surface area contributed by atoms with Gasteiger partial charge in [0.05, 0.1) is 24.7 Å². The Morgan fingerprint density at radius 1 is 1.33 bits per heavy atom. The van der Waals surface area contributed by atoms with Gasteiger partial charge in [-0.05, 0) is 13.3 Å². The van der Waals surface area contributed by atoms with E-state index in [0.29, 0.717) is 6.61 Å². The van der Waals surface area contributed by atoms with Gasteiger partial charge in [0.1, 0.15) is 5.56 Å². The molecule has 1 N–H and O–H groups in total. The summed E-state index contributed by atoms with van der Waals surface area (Å²) in [5.41, 5.74) is -0.535. The summed E-state index contributed by atoms with van der Waals surface area (Å²) < 4.78 is 10.4. The van der Waals surface area contributed by atoms with Crippen LogP contribution in [0.3, 0.4) is 0 Å². The summed E-state index contributed by atoms with van der Waals surface area (Å²) >= 11 is 0. The van der Waals surface area contributed by atoms with Crippen LogP contribution in [0, 0.1) is 10.1 Å². The number of benzene rings is 1. The standard InChI is InChI=1S/C15H20N2O7/c1-4-24-13-8-10(11(17(21)22)9-12(13)23-3)15(20)16(2)7-5-6-14(18)19/h8-9H,4-7H2,1-3H3,(H,18,19). The summed E-state index contributed by atoms with van der Waals surface area (Å²) in [6, 6.07) is 2.42. The van der Waals surface area contributed by atoms with Crippen molar-refractivity contribution in [3.63, 3.8) is 0 Å². The fourth-order valence-corrected chi connectivity index (χ4v) is 2.07. The molecule has 9 nitrogen and oxygen atoms in total. The number of nitro groups is 1. The minimum absolute atomic E-state index is 0.0908. The van der Waals surface area contributed by atoms with Crippen LogP contribution in [0.5, 0.6) is 11.5 Å². The first kappa shape index (κ1) is 19.2. The Morgan fingerprint density at radius 2 is 2.00 bits per heavy atom. The van der Waals surface area contributed by atoms with Crippen molar-refractivity contribution in [3.8, 4) is 11.5 Å². The zero-order valence-electron chi connectivity index (χ0n) is 13.8. The molecule has 0 aliphatic carbocycles. The van der Waals surface area contributed by atoms with Gasteiger partial charge in [0.25, 0.3) is 11.6 Å². The predicted molar refractivity (Wildman–Crippen MR) is 84.6 cm³/mol. The maximum absolute atomic E-state index is 12.5. The molecule has 0 atom stereocenters. The highest BCUT2D eigenvalue weighted by Gasteiger charge is 2.26. The Balaban J connectivity index is 3.14. The second-order valence-corrected chi connectivity index (χ2v) is 4.93. The number of rotatable bonds is 9. The maximum Gasteiger partial charge on any atom is 0.303 e. The molecule has 1 aromatic rings. The molecule has 0 aliphatic rings. The third-order valence-electron chi connectivity index (χ3n) is 3.24. The van der Waals surface area contributed by atoms with Crippen molar-refractivity contribution in [2.45, 2.75) is 19.8 Å². The smallest absolute Gasteiger partial charge is 0.303 e. The number of aliphatic carboxylic acids is 1. The van der Waals surface area contributed by atoms with Gasteiger partial charge in [-0.1, -0.05) is 0 Å². The summed E-state index contributed by atoms with van der Waals surface area (Å²) in [7, 11) is 2.81. The molecule has 0 aromatic heterocycles.